The van der Waals surface area contributed by atoms with E-state index in [-0.39, 0.29) is 11.8 Å². The Balaban J connectivity index is 1.72. The first kappa shape index (κ1) is 17.3. The van der Waals surface area contributed by atoms with Crippen molar-refractivity contribution in [3.8, 4) is 5.75 Å². The minimum atomic E-state index is -0.172. The first-order valence-electron chi connectivity index (χ1n) is 7.65. The van der Waals surface area contributed by atoms with E-state index < -0.39 is 0 Å². The van der Waals surface area contributed by atoms with E-state index in [1.54, 1.807) is 30.3 Å². The third-order valence-corrected chi connectivity index (χ3v) is 3.05. The zero-order valence-corrected chi connectivity index (χ0v) is 13.5. The van der Waals surface area contributed by atoms with Gasteiger partial charge in [-0.15, -0.1) is 0 Å². The molecule has 0 aromatic heterocycles. The first-order chi connectivity index (χ1) is 11.6. The summed E-state index contributed by atoms with van der Waals surface area (Å²) < 4.78 is 5.55. The molecule has 5 nitrogen and oxygen atoms in total. The summed E-state index contributed by atoms with van der Waals surface area (Å²) in [6.45, 7) is 2.18. The molecule has 2 aromatic carbocycles. The topological polar surface area (TPSA) is 67.4 Å². The number of ether oxygens (including phenoxy) is 1. The molecule has 5 heteroatoms. The molecular formula is C19H20N2O3. The Morgan fingerprint density at radius 2 is 1.88 bits per heavy atom. The Morgan fingerprint density at radius 1 is 1.08 bits per heavy atom. The number of rotatable bonds is 7. The molecular weight excluding hydrogens is 304 g/mol. The molecule has 2 rings (SSSR count). The molecule has 0 aliphatic heterocycles. The molecule has 0 aliphatic rings. The third-order valence-electron chi connectivity index (χ3n) is 3.05. The number of nitrogens with one attached hydrogen (secondary N) is 2. The van der Waals surface area contributed by atoms with Crippen LogP contribution in [0.4, 0.5) is 5.69 Å². The summed E-state index contributed by atoms with van der Waals surface area (Å²) >= 11 is 0. The fraction of sp³-hybridized carbons (Fsp3) is 0.158. The van der Waals surface area contributed by atoms with E-state index in [0.29, 0.717) is 24.6 Å². The van der Waals surface area contributed by atoms with E-state index in [4.69, 9.17) is 4.74 Å². The van der Waals surface area contributed by atoms with E-state index in [2.05, 4.69) is 10.6 Å². The number of carbonyl (C=O) groups excluding carboxylic acids is 2. The number of amides is 2. The van der Waals surface area contributed by atoms with Crippen LogP contribution in [-0.4, -0.2) is 25.0 Å². The van der Waals surface area contributed by atoms with Crippen molar-refractivity contribution in [1.29, 1.82) is 0 Å². The van der Waals surface area contributed by atoms with Crippen LogP contribution in [0.5, 0.6) is 5.75 Å². The van der Waals surface area contributed by atoms with Gasteiger partial charge in [-0.2, -0.15) is 0 Å². The van der Waals surface area contributed by atoms with Crippen molar-refractivity contribution in [3.63, 3.8) is 0 Å². The molecule has 0 heterocycles. The summed E-state index contributed by atoms with van der Waals surface area (Å²) in [6.07, 6.45) is 3.25. The molecule has 24 heavy (non-hydrogen) atoms. The Bertz CT molecular complexity index is 712. The second-order valence-electron chi connectivity index (χ2n) is 5.09. The van der Waals surface area contributed by atoms with Crippen LogP contribution in [0.3, 0.4) is 0 Å². The molecule has 0 atom stereocenters. The average Bonchev–Trinajstić information content (AvgIpc) is 2.58. The van der Waals surface area contributed by atoms with Gasteiger partial charge < -0.3 is 15.4 Å². The van der Waals surface area contributed by atoms with Gasteiger partial charge in [0.2, 0.25) is 11.8 Å². The molecule has 0 unspecified atom stereocenters. The second-order valence-corrected chi connectivity index (χ2v) is 5.09. The molecule has 0 saturated carbocycles. The minimum absolute atomic E-state index is 0.135. The van der Waals surface area contributed by atoms with Crippen LogP contribution in [0.2, 0.25) is 0 Å². The van der Waals surface area contributed by atoms with E-state index in [1.165, 1.54) is 13.0 Å². The first-order valence-corrected chi connectivity index (χ1v) is 7.65. The molecule has 0 radical (unpaired) electrons. The van der Waals surface area contributed by atoms with Crippen molar-refractivity contribution in [1.82, 2.24) is 5.32 Å². The van der Waals surface area contributed by atoms with Gasteiger partial charge in [-0.3, -0.25) is 9.59 Å². The van der Waals surface area contributed by atoms with Crippen molar-refractivity contribution in [3.05, 3.63) is 66.2 Å². The van der Waals surface area contributed by atoms with Crippen LogP contribution < -0.4 is 15.4 Å². The lowest BCUT2D eigenvalue weighted by Crippen LogP contribution is -2.26. The van der Waals surface area contributed by atoms with Gasteiger partial charge in [0.25, 0.3) is 0 Å². The third kappa shape index (κ3) is 6.36. The zero-order valence-electron chi connectivity index (χ0n) is 13.5. The lowest BCUT2D eigenvalue weighted by atomic mass is 10.2. The van der Waals surface area contributed by atoms with E-state index in [0.717, 1.165) is 5.56 Å². The highest BCUT2D eigenvalue weighted by Crippen LogP contribution is 2.16. The quantitative estimate of drug-likeness (QED) is 0.608. The highest BCUT2D eigenvalue weighted by molar-refractivity contribution is 5.91. The summed E-state index contributed by atoms with van der Waals surface area (Å²) in [5, 5.41) is 5.44. The van der Waals surface area contributed by atoms with Gasteiger partial charge in [0, 0.05) is 24.8 Å². The predicted octanol–water partition coefficient (Wildman–Crippen LogP) is 2.85. The molecule has 2 N–H and O–H groups in total. The largest absolute Gasteiger partial charge is 0.492 e. The molecule has 0 fully saturated rings. The lowest BCUT2D eigenvalue weighted by molar-refractivity contribution is -0.116. The van der Waals surface area contributed by atoms with E-state index in [9.17, 15) is 9.59 Å². The highest BCUT2D eigenvalue weighted by atomic mass is 16.5. The number of hydrogen-bond donors (Lipinski definition) is 2. The van der Waals surface area contributed by atoms with Crippen LogP contribution in [0.1, 0.15) is 12.5 Å². The van der Waals surface area contributed by atoms with E-state index in [1.807, 2.05) is 30.3 Å². The number of carbonyl (C=O) groups is 2. The number of benzene rings is 2. The standard InChI is InChI=1S/C19H20N2O3/c1-15(22)21-17-8-5-9-18(14-17)24-13-12-20-19(23)11-10-16-6-3-2-4-7-16/h2-11,14H,12-13H2,1H3,(H,20,23)(H,21,22). The van der Waals surface area contributed by atoms with E-state index >= 15 is 0 Å². The summed E-state index contributed by atoms with van der Waals surface area (Å²) in [7, 11) is 0. The van der Waals surface area contributed by atoms with Gasteiger partial charge in [-0.25, -0.2) is 0 Å². The van der Waals surface area contributed by atoms with Gasteiger partial charge in [0.05, 0.1) is 6.54 Å². The molecule has 0 spiro atoms. The normalized spacial score (nSPS) is 10.4. The Morgan fingerprint density at radius 3 is 2.62 bits per heavy atom. The average molecular weight is 324 g/mol. The van der Waals surface area contributed by atoms with Crippen LogP contribution in [-0.2, 0) is 9.59 Å². The number of anilines is 1. The van der Waals surface area contributed by atoms with Crippen molar-refractivity contribution in [2.75, 3.05) is 18.5 Å². The highest BCUT2D eigenvalue weighted by Gasteiger charge is 1.99. The van der Waals surface area contributed by atoms with Gasteiger partial charge in [0.15, 0.2) is 0 Å². The summed E-state index contributed by atoms with van der Waals surface area (Å²) in [5.74, 6) is 0.328. The maximum absolute atomic E-state index is 11.7. The van der Waals surface area contributed by atoms with Crippen LogP contribution in [0, 0.1) is 0 Å². The Labute approximate surface area is 141 Å². The Hall–Kier alpha value is -3.08. The van der Waals surface area contributed by atoms with Crippen molar-refractivity contribution in [2.45, 2.75) is 6.92 Å². The number of hydrogen-bond acceptors (Lipinski definition) is 3. The maximum Gasteiger partial charge on any atom is 0.244 e. The summed E-state index contributed by atoms with van der Waals surface area (Å²) in [6, 6.07) is 16.7. The maximum atomic E-state index is 11.7. The molecule has 2 aromatic rings. The summed E-state index contributed by atoms with van der Waals surface area (Å²) in [5.41, 5.74) is 1.65. The van der Waals surface area contributed by atoms with Gasteiger partial charge in [-0.1, -0.05) is 36.4 Å². The predicted molar refractivity (Wildman–Crippen MR) is 94.7 cm³/mol. The second kappa shape index (κ2) is 9.15. The monoisotopic (exact) mass is 324 g/mol. The summed E-state index contributed by atoms with van der Waals surface area (Å²) in [4.78, 5) is 22.7. The Kier molecular flexibility index (Phi) is 6.58. The van der Waals surface area contributed by atoms with Crippen LogP contribution >= 0.6 is 0 Å². The van der Waals surface area contributed by atoms with Crippen molar-refractivity contribution < 1.29 is 14.3 Å². The molecule has 0 bridgehead atoms. The lowest BCUT2D eigenvalue weighted by Gasteiger charge is -2.08. The zero-order chi connectivity index (χ0) is 17.2. The fourth-order valence-electron chi connectivity index (χ4n) is 2.01. The molecule has 0 saturated heterocycles. The molecule has 2 amide bonds. The SMILES string of the molecule is CC(=O)Nc1cccc(OCCNC(=O)C=Cc2ccccc2)c1. The van der Waals surface area contributed by atoms with Crippen LogP contribution in [0.15, 0.2) is 60.7 Å². The molecule has 124 valence electrons. The smallest absolute Gasteiger partial charge is 0.244 e. The van der Waals surface area contributed by atoms with Crippen molar-refractivity contribution >= 4 is 23.6 Å². The molecule has 0 aliphatic carbocycles. The van der Waals surface area contributed by atoms with Gasteiger partial charge in [0.1, 0.15) is 12.4 Å². The van der Waals surface area contributed by atoms with Gasteiger partial charge >= 0.3 is 0 Å². The van der Waals surface area contributed by atoms with Crippen LogP contribution in [0.25, 0.3) is 6.08 Å². The fourth-order valence-corrected chi connectivity index (χ4v) is 2.01. The van der Waals surface area contributed by atoms with Crippen molar-refractivity contribution in [2.24, 2.45) is 0 Å². The van der Waals surface area contributed by atoms with Gasteiger partial charge in [-0.05, 0) is 23.8 Å². The minimum Gasteiger partial charge on any atom is -0.492 e.